The zero-order valence-electron chi connectivity index (χ0n) is 13.2. The second kappa shape index (κ2) is 8.16. The molecule has 0 amide bonds. The molecule has 1 aromatic carbocycles. The van der Waals surface area contributed by atoms with Crippen molar-refractivity contribution in [1.29, 1.82) is 0 Å². The highest BCUT2D eigenvalue weighted by Crippen LogP contribution is 2.36. The molecule has 3 nitrogen and oxygen atoms in total. The van der Waals surface area contributed by atoms with Crippen molar-refractivity contribution >= 4 is 15.9 Å². The highest BCUT2D eigenvalue weighted by atomic mass is 79.9. The summed E-state index contributed by atoms with van der Waals surface area (Å²) in [6, 6.07) is 6.63. The molecule has 0 radical (unpaired) electrons. The van der Waals surface area contributed by atoms with E-state index >= 15 is 0 Å². The first-order valence-electron chi connectivity index (χ1n) is 7.92. The van der Waals surface area contributed by atoms with Crippen LogP contribution in [0.3, 0.4) is 0 Å². The number of hydrogen-bond acceptors (Lipinski definition) is 3. The molecule has 0 saturated carbocycles. The third kappa shape index (κ3) is 4.44. The molecule has 0 aromatic heterocycles. The van der Waals surface area contributed by atoms with Gasteiger partial charge in [-0.2, -0.15) is 0 Å². The second-order valence-electron chi connectivity index (χ2n) is 5.69. The van der Waals surface area contributed by atoms with Crippen LogP contribution in [0, 0.1) is 5.92 Å². The summed E-state index contributed by atoms with van der Waals surface area (Å²) in [5.41, 5.74) is 1.30. The lowest BCUT2D eigenvalue weighted by molar-refractivity contribution is 0.117. The van der Waals surface area contributed by atoms with Crippen molar-refractivity contribution in [2.75, 3.05) is 19.8 Å². The highest BCUT2D eigenvalue weighted by molar-refractivity contribution is 9.10. The van der Waals surface area contributed by atoms with Crippen LogP contribution >= 0.6 is 15.9 Å². The van der Waals surface area contributed by atoms with Crippen LogP contribution in [0.1, 0.15) is 45.2 Å². The van der Waals surface area contributed by atoms with E-state index in [-0.39, 0.29) is 0 Å². The maximum Gasteiger partial charge on any atom is 0.120 e. The van der Waals surface area contributed by atoms with E-state index < -0.39 is 0 Å². The molecule has 21 heavy (non-hydrogen) atoms. The van der Waals surface area contributed by atoms with E-state index in [0.717, 1.165) is 36.2 Å². The van der Waals surface area contributed by atoms with Crippen molar-refractivity contribution in [3.63, 3.8) is 0 Å². The normalized spacial score (nSPS) is 23.2. The third-order valence-corrected chi connectivity index (χ3v) is 4.62. The summed E-state index contributed by atoms with van der Waals surface area (Å²) in [4.78, 5) is 0. The Kier molecular flexibility index (Phi) is 6.52. The van der Waals surface area contributed by atoms with Crippen LogP contribution in [-0.2, 0) is 4.74 Å². The van der Waals surface area contributed by atoms with Crippen molar-refractivity contribution < 1.29 is 9.47 Å². The average molecular weight is 356 g/mol. The lowest BCUT2D eigenvalue weighted by Crippen LogP contribution is -2.29. The maximum atomic E-state index is 5.77. The molecule has 1 saturated heterocycles. The van der Waals surface area contributed by atoms with Crippen LogP contribution in [0.5, 0.6) is 5.75 Å². The quantitative estimate of drug-likeness (QED) is 0.790. The summed E-state index contributed by atoms with van der Waals surface area (Å²) in [5, 5.41) is 3.69. The Morgan fingerprint density at radius 2 is 2.24 bits per heavy atom. The molecule has 0 bridgehead atoms. The van der Waals surface area contributed by atoms with Crippen LogP contribution in [0.4, 0.5) is 0 Å². The summed E-state index contributed by atoms with van der Waals surface area (Å²) in [6.45, 7) is 8.91. The van der Waals surface area contributed by atoms with E-state index in [9.17, 15) is 0 Å². The van der Waals surface area contributed by atoms with Crippen molar-refractivity contribution in [3.8, 4) is 5.75 Å². The van der Waals surface area contributed by atoms with Crippen LogP contribution in [0.25, 0.3) is 0 Å². The zero-order valence-corrected chi connectivity index (χ0v) is 14.8. The topological polar surface area (TPSA) is 30.5 Å². The van der Waals surface area contributed by atoms with E-state index in [1.807, 2.05) is 6.92 Å². The lowest BCUT2D eigenvalue weighted by atomic mass is 9.91. The molecule has 4 heteroatoms. The first kappa shape index (κ1) is 16.8. The minimum absolute atomic E-state index is 0.333. The van der Waals surface area contributed by atoms with Gasteiger partial charge in [0.25, 0.3) is 0 Å². The standard InChI is InChI=1S/C17H26BrNO2/c1-4-8-19-17(13-9-12(3)21-11-13)15-7-6-14(20-5-2)10-16(15)18/h6-7,10,12-13,17,19H,4-5,8-9,11H2,1-3H3. The van der Waals surface area contributed by atoms with Gasteiger partial charge in [0.05, 0.1) is 19.3 Å². The Hall–Kier alpha value is -0.580. The van der Waals surface area contributed by atoms with E-state index in [2.05, 4.69) is 53.3 Å². The van der Waals surface area contributed by atoms with Gasteiger partial charge in [-0.1, -0.05) is 28.9 Å². The first-order chi connectivity index (χ1) is 10.2. The van der Waals surface area contributed by atoms with E-state index in [4.69, 9.17) is 9.47 Å². The molecule has 0 spiro atoms. The molecule has 3 unspecified atom stereocenters. The molecular weight excluding hydrogens is 330 g/mol. The summed E-state index contributed by atoms with van der Waals surface area (Å²) in [5.74, 6) is 1.44. The lowest BCUT2D eigenvalue weighted by Gasteiger charge is -2.25. The van der Waals surface area contributed by atoms with Gasteiger partial charge in [0.15, 0.2) is 0 Å². The molecule has 1 aliphatic rings. The minimum atomic E-state index is 0.333. The van der Waals surface area contributed by atoms with Gasteiger partial charge in [-0.25, -0.2) is 0 Å². The Balaban J connectivity index is 2.19. The molecule has 1 aliphatic heterocycles. The Labute approximate surface area is 136 Å². The van der Waals surface area contributed by atoms with Crippen molar-refractivity contribution in [2.45, 2.75) is 45.8 Å². The summed E-state index contributed by atoms with van der Waals surface area (Å²) < 4.78 is 12.5. The predicted molar refractivity (Wildman–Crippen MR) is 89.9 cm³/mol. The molecule has 2 rings (SSSR count). The molecular formula is C17H26BrNO2. The fourth-order valence-electron chi connectivity index (χ4n) is 2.93. The molecule has 118 valence electrons. The van der Waals surface area contributed by atoms with E-state index in [1.54, 1.807) is 0 Å². The fraction of sp³-hybridized carbons (Fsp3) is 0.647. The van der Waals surface area contributed by atoms with Gasteiger partial charge < -0.3 is 14.8 Å². The monoisotopic (exact) mass is 355 g/mol. The van der Waals surface area contributed by atoms with Gasteiger partial charge >= 0.3 is 0 Å². The highest BCUT2D eigenvalue weighted by Gasteiger charge is 2.31. The first-order valence-corrected chi connectivity index (χ1v) is 8.72. The van der Waals surface area contributed by atoms with Gasteiger partial charge in [-0.3, -0.25) is 0 Å². The van der Waals surface area contributed by atoms with Gasteiger partial charge in [0.2, 0.25) is 0 Å². The largest absolute Gasteiger partial charge is 0.494 e. The van der Waals surface area contributed by atoms with Gasteiger partial charge in [-0.05, 0) is 50.9 Å². The van der Waals surface area contributed by atoms with Crippen molar-refractivity contribution in [3.05, 3.63) is 28.2 Å². The number of halogens is 1. The summed E-state index contributed by atoms with van der Waals surface area (Å²) in [7, 11) is 0. The molecule has 1 N–H and O–H groups in total. The molecule has 0 aliphatic carbocycles. The summed E-state index contributed by atoms with van der Waals surface area (Å²) in [6.07, 6.45) is 2.61. The zero-order chi connectivity index (χ0) is 15.2. The van der Waals surface area contributed by atoms with Gasteiger partial charge in [0.1, 0.15) is 5.75 Å². The third-order valence-electron chi connectivity index (χ3n) is 3.93. The fourth-order valence-corrected chi connectivity index (χ4v) is 3.53. The SMILES string of the molecule is CCCNC(c1ccc(OCC)cc1Br)C1COC(C)C1. The number of benzene rings is 1. The van der Waals surface area contributed by atoms with E-state index in [0.29, 0.717) is 24.7 Å². The Morgan fingerprint density at radius 1 is 1.43 bits per heavy atom. The number of ether oxygens (including phenoxy) is 2. The van der Waals surface area contributed by atoms with Crippen LogP contribution in [0.15, 0.2) is 22.7 Å². The van der Waals surface area contributed by atoms with Crippen LogP contribution in [0.2, 0.25) is 0 Å². The molecule has 1 aromatic rings. The minimum Gasteiger partial charge on any atom is -0.494 e. The smallest absolute Gasteiger partial charge is 0.120 e. The average Bonchev–Trinajstić information content (AvgIpc) is 2.88. The number of hydrogen-bond donors (Lipinski definition) is 1. The number of nitrogens with one attached hydrogen (secondary N) is 1. The second-order valence-corrected chi connectivity index (χ2v) is 6.54. The van der Waals surface area contributed by atoms with E-state index in [1.165, 1.54) is 5.56 Å². The Morgan fingerprint density at radius 3 is 2.81 bits per heavy atom. The van der Waals surface area contributed by atoms with Crippen LogP contribution < -0.4 is 10.1 Å². The number of rotatable bonds is 7. The molecule has 1 heterocycles. The molecule has 3 atom stereocenters. The molecule has 1 fully saturated rings. The maximum absolute atomic E-state index is 5.77. The van der Waals surface area contributed by atoms with Gasteiger partial charge in [-0.15, -0.1) is 0 Å². The van der Waals surface area contributed by atoms with Crippen molar-refractivity contribution in [1.82, 2.24) is 5.32 Å². The Bertz CT molecular complexity index is 452. The predicted octanol–water partition coefficient (Wildman–Crippen LogP) is 4.31. The van der Waals surface area contributed by atoms with Crippen LogP contribution in [-0.4, -0.2) is 25.9 Å². The summed E-state index contributed by atoms with van der Waals surface area (Å²) >= 11 is 3.71. The van der Waals surface area contributed by atoms with Gasteiger partial charge in [0, 0.05) is 16.4 Å². The van der Waals surface area contributed by atoms with Crippen molar-refractivity contribution in [2.24, 2.45) is 5.92 Å².